The first kappa shape index (κ1) is 18.3. The summed E-state index contributed by atoms with van der Waals surface area (Å²) in [5.41, 5.74) is 0.405. The van der Waals surface area contributed by atoms with E-state index in [0.29, 0.717) is 11.4 Å². The van der Waals surface area contributed by atoms with Gasteiger partial charge in [-0.25, -0.2) is 4.79 Å². The zero-order valence-corrected chi connectivity index (χ0v) is 13.5. The van der Waals surface area contributed by atoms with E-state index in [9.17, 15) is 19.0 Å². The highest BCUT2D eigenvalue weighted by Gasteiger charge is 2.58. The van der Waals surface area contributed by atoms with Crippen molar-refractivity contribution < 1.29 is 33.8 Å². The van der Waals surface area contributed by atoms with Gasteiger partial charge in [0.1, 0.15) is 0 Å². The molecule has 0 atom stereocenters. The van der Waals surface area contributed by atoms with Crippen molar-refractivity contribution in [2.24, 2.45) is 14.1 Å². The maximum absolute atomic E-state index is 11.7. The molecule has 0 aliphatic carbocycles. The van der Waals surface area contributed by atoms with Crippen LogP contribution in [0, 0.1) is 6.92 Å². The van der Waals surface area contributed by atoms with E-state index in [4.69, 9.17) is 19.6 Å². The summed E-state index contributed by atoms with van der Waals surface area (Å²) in [6.45, 7) is 1.57. The molecule has 5 N–H and O–H groups in total. The number of rotatable bonds is 5. The predicted molar refractivity (Wildman–Crippen MR) is 72.8 cm³/mol. The fraction of sp³-hybridized carbons (Fsp3) is 0.667. The Morgan fingerprint density at radius 2 is 1.48 bits per heavy atom. The number of nitrogens with zero attached hydrogens (tertiary/aromatic N) is 2. The molecule has 1 heterocycles. The molecule has 0 amide bonds. The van der Waals surface area contributed by atoms with Gasteiger partial charge in [0, 0.05) is 31.9 Å². The van der Waals surface area contributed by atoms with Crippen LogP contribution in [0.4, 0.5) is 0 Å². The quantitative estimate of drug-likeness (QED) is 0.423. The number of hydrogen-bond donors (Lipinski definition) is 5. The molecule has 0 bridgehead atoms. The average molecular weight is 344 g/mol. The van der Waals surface area contributed by atoms with E-state index in [-0.39, 0.29) is 6.42 Å². The van der Waals surface area contributed by atoms with Crippen LogP contribution in [0.25, 0.3) is 0 Å². The van der Waals surface area contributed by atoms with Gasteiger partial charge in [0.2, 0.25) is 0 Å². The van der Waals surface area contributed by atoms with Crippen molar-refractivity contribution in [3.63, 3.8) is 0 Å². The Morgan fingerprint density at radius 1 is 1.05 bits per heavy atom. The second-order valence-electron chi connectivity index (χ2n) is 4.80. The van der Waals surface area contributed by atoms with Gasteiger partial charge in [-0.3, -0.25) is 18.3 Å². The lowest BCUT2D eigenvalue weighted by Gasteiger charge is -2.29. The van der Waals surface area contributed by atoms with Crippen LogP contribution < -0.4 is 5.69 Å². The second-order valence-corrected chi connectivity index (χ2v) is 8.80. The average Bonchev–Trinajstić information content (AvgIpc) is 2.49. The van der Waals surface area contributed by atoms with E-state index in [1.807, 2.05) is 0 Å². The van der Waals surface area contributed by atoms with Gasteiger partial charge in [0.25, 0.3) is 5.08 Å². The number of aromatic nitrogens is 2. The van der Waals surface area contributed by atoms with E-state index in [2.05, 4.69) is 0 Å². The molecule has 0 aromatic carbocycles. The van der Waals surface area contributed by atoms with E-state index in [1.54, 1.807) is 6.92 Å². The van der Waals surface area contributed by atoms with Crippen LogP contribution in [0.5, 0.6) is 0 Å². The van der Waals surface area contributed by atoms with Crippen LogP contribution in [0.1, 0.15) is 17.8 Å². The largest absolute Gasteiger partial charge is 0.369 e. The molecule has 1 aromatic rings. The van der Waals surface area contributed by atoms with Gasteiger partial charge in [-0.2, -0.15) is 0 Å². The molecule has 12 heteroatoms. The van der Waals surface area contributed by atoms with Crippen LogP contribution in [-0.2, 0) is 29.6 Å². The molecular formula is C9H18N2O8P2. The molecule has 0 aliphatic heterocycles. The molecular weight excluding hydrogens is 326 g/mol. The van der Waals surface area contributed by atoms with Gasteiger partial charge in [-0.15, -0.1) is 0 Å². The van der Waals surface area contributed by atoms with E-state index >= 15 is 0 Å². The summed E-state index contributed by atoms with van der Waals surface area (Å²) in [6.07, 6.45) is -1.18. The Bertz CT molecular complexity index is 671. The molecule has 122 valence electrons. The zero-order chi connectivity index (χ0) is 16.8. The number of hydrogen-bond acceptors (Lipinski definition) is 4. The minimum atomic E-state index is -5.48. The van der Waals surface area contributed by atoms with Crippen LogP contribution in [0.3, 0.4) is 0 Å². The molecule has 0 radical (unpaired) electrons. The van der Waals surface area contributed by atoms with Crippen molar-refractivity contribution in [2.75, 3.05) is 0 Å². The summed E-state index contributed by atoms with van der Waals surface area (Å²) in [5, 5.41) is 6.31. The van der Waals surface area contributed by atoms with Crippen molar-refractivity contribution in [1.29, 1.82) is 0 Å². The lowest BCUT2D eigenvalue weighted by molar-refractivity contribution is 0.123. The fourth-order valence-electron chi connectivity index (χ4n) is 2.02. The number of imidazole rings is 1. The molecule has 0 saturated heterocycles. The highest BCUT2D eigenvalue weighted by molar-refractivity contribution is 7.72. The monoisotopic (exact) mass is 344 g/mol. The molecule has 21 heavy (non-hydrogen) atoms. The topological polar surface area (TPSA) is 162 Å². The smallest absolute Gasteiger partial charge is 0.368 e. The normalized spacial score (nSPS) is 13.7. The summed E-state index contributed by atoms with van der Waals surface area (Å²) in [6, 6.07) is 0. The molecule has 1 aromatic heterocycles. The summed E-state index contributed by atoms with van der Waals surface area (Å²) in [7, 11) is -8.07. The van der Waals surface area contributed by atoms with E-state index in [1.165, 1.54) is 23.2 Å². The summed E-state index contributed by atoms with van der Waals surface area (Å²) < 4.78 is 25.0. The van der Waals surface area contributed by atoms with Crippen LogP contribution in [0.2, 0.25) is 0 Å². The van der Waals surface area contributed by atoms with Gasteiger partial charge in [0.05, 0.1) is 0 Å². The summed E-state index contributed by atoms with van der Waals surface area (Å²) in [4.78, 5) is 47.9. The lowest BCUT2D eigenvalue weighted by atomic mass is 10.2. The third kappa shape index (κ3) is 3.07. The maximum atomic E-state index is 11.7. The van der Waals surface area contributed by atoms with Crippen molar-refractivity contribution in [3.8, 4) is 0 Å². The Labute approximate surface area is 120 Å². The molecule has 0 unspecified atom stereocenters. The van der Waals surface area contributed by atoms with E-state index < -0.39 is 32.4 Å². The van der Waals surface area contributed by atoms with Crippen molar-refractivity contribution >= 4 is 15.2 Å². The van der Waals surface area contributed by atoms with Crippen LogP contribution >= 0.6 is 15.2 Å². The fourth-order valence-corrected chi connectivity index (χ4v) is 4.18. The third-order valence-corrected chi connectivity index (χ3v) is 7.41. The minimum Gasteiger partial charge on any atom is -0.368 e. The van der Waals surface area contributed by atoms with Gasteiger partial charge in [0.15, 0.2) is 0 Å². The van der Waals surface area contributed by atoms with Crippen LogP contribution in [0.15, 0.2) is 4.79 Å². The summed E-state index contributed by atoms with van der Waals surface area (Å²) in [5.74, 6) is 0. The first-order valence-electron chi connectivity index (χ1n) is 5.79. The van der Waals surface area contributed by atoms with Crippen molar-refractivity contribution in [1.82, 2.24) is 9.13 Å². The van der Waals surface area contributed by atoms with Gasteiger partial charge >= 0.3 is 20.9 Å². The Kier molecular flexibility index (Phi) is 4.78. The highest BCUT2D eigenvalue weighted by Crippen LogP contribution is 2.69. The van der Waals surface area contributed by atoms with Gasteiger partial charge in [-0.1, -0.05) is 0 Å². The first-order valence-corrected chi connectivity index (χ1v) is 9.01. The first-order chi connectivity index (χ1) is 9.24. The molecule has 0 saturated carbocycles. The molecule has 10 nitrogen and oxygen atoms in total. The Morgan fingerprint density at radius 3 is 1.76 bits per heavy atom. The molecule has 0 fully saturated rings. The standard InChI is InChI=1S/C9H18N2O8P2/c1-6-7(11(3)8(12)10(6)2)4-5-9(13,20(14,15)16)21(17,18)19/h13H,4-5H2,1-3H3,(H2,14,15,16)(H2,17,18,19). The Balaban J connectivity index is 3.23. The molecule has 0 aliphatic rings. The Hall–Kier alpha value is -0.730. The lowest BCUT2D eigenvalue weighted by Crippen LogP contribution is -2.30. The SMILES string of the molecule is Cc1c(CCC(O)(P(=O)(O)O)P(=O)(O)O)n(C)c(=O)n1C. The highest BCUT2D eigenvalue weighted by atomic mass is 31.2. The summed E-state index contributed by atoms with van der Waals surface area (Å²) >= 11 is 0. The minimum absolute atomic E-state index is 0.287. The van der Waals surface area contributed by atoms with Gasteiger partial charge < -0.3 is 24.7 Å². The third-order valence-electron chi connectivity index (χ3n) is 3.53. The second kappa shape index (κ2) is 5.48. The van der Waals surface area contributed by atoms with Gasteiger partial charge in [-0.05, 0) is 13.3 Å². The molecule has 0 spiro atoms. The zero-order valence-electron chi connectivity index (χ0n) is 11.7. The van der Waals surface area contributed by atoms with E-state index in [0.717, 1.165) is 0 Å². The van der Waals surface area contributed by atoms with Crippen molar-refractivity contribution in [3.05, 3.63) is 21.9 Å². The molecule has 1 rings (SSSR count). The van der Waals surface area contributed by atoms with Crippen molar-refractivity contribution in [2.45, 2.75) is 24.8 Å². The number of aliphatic hydroxyl groups is 1. The van der Waals surface area contributed by atoms with Crippen LogP contribution in [-0.4, -0.2) is 38.9 Å². The maximum Gasteiger partial charge on any atom is 0.369 e. The predicted octanol–water partition coefficient (Wildman–Crippen LogP) is -1.03.